The fourth-order valence-electron chi connectivity index (χ4n) is 0.992. The zero-order chi connectivity index (χ0) is 8.85. The van der Waals surface area contributed by atoms with Crippen LogP contribution in [0.25, 0.3) is 0 Å². The number of carboxylic acid groups (broad SMARTS) is 1. The molecule has 0 aliphatic rings. The Bertz CT molecular complexity index is 123. The smallest absolute Gasteiger partial charge is 0.303 e. The maximum Gasteiger partial charge on any atom is 0.303 e. The molecule has 0 aromatic rings. The van der Waals surface area contributed by atoms with E-state index in [-0.39, 0.29) is 6.42 Å². The number of hydrogen-bond donors (Lipinski definition) is 2. The number of carbonyl (C=O) groups is 1. The molecule has 0 aromatic heterocycles. The zero-order valence-corrected chi connectivity index (χ0v) is 7.42. The fourth-order valence-corrected chi connectivity index (χ4v) is 0.992. The van der Waals surface area contributed by atoms with Gasteiger partial charge in [0.05, 0.1) is 0 Å². The van der Waals surface area contributed by atoms with Crippen LogP contribution in [-0.4, -0.2) is 23.2 Å². The minimum atomic E-state index is -0.720. The molecule has 2 N–H and O–H groups in total. The second-order valence-corrected chi connectivity index (χ2v) is 3.15. The van der Waals surface area contributed by atoms with Gasteiger partial charge < -0.3 is 10.4 Å². The molecule has 1 atom stereocenters. The van der Waals surface area contributed by atoms with Crippen LogP contribution in [0.2, 0.25) is 0 Å². The third-order valence-corrected chi connectivity index (χ3v) is 1.41. The van der Waals surface area contributed by atoms with Gasteiger partial charge in [-0.25, -0.2) is 0 Å². The topological polar surface area (TPSA) is 49.3 Å². The molecule has 3 heteroatoms. The summed E-state index contributed by atoms with van der Waals surface area (Å²) < 4.78 is 0. The Balaban J connectivity index is 3.37. The van der Waals surface area contributed by atoms with Crippen LogP contribution in [0.1, 0.15) is 33.6 Å². The number of nitrogens with one attached hydrogen (secondary N) is 1. The summed E-state index contributed by atoms with van der Waals surface area (Å²) >= 11 is 0. The van der Waals surface area contributed by atoms with E-state index in [4.69, 9.17) is 5.11 Å². The lowest BCUT2D eigenvalue weighted by Gasteiger charge is -2.15. The molecule has 0 fully saturated rings. The quantitative estimate of drug-likeness (QED) is 0.634. The molecule has 0 amide bonds. The highest BCUT2D eigenvalue weighted by molar-refractivity contribution is 5.66. The second-order valence-electron chi connectivity index (χ2n) is 3.15. The lowest BCUT2D eigenvalue weighted by atomic mass is 10.1. The van der Waals surface area contributed by atoms with Crippen LogP contribution < -0.4 is 5.32 Å². The molecular formula is C8H17NO2. The lowest BCUT2D eigenvalue weighted by molar-refractivity contribution is -0.137. The first-order valence-corrected chi connectivity index (χ1v) is 4.00. The highest BCUT2D eigenvalue weighted by Crippen LogP contribution is 1.97. The van der Waals surface area contributed by atoms with Gasteiger partial charge in [0, 0.05) is 18.5 Å². The van der Waals surface area contributed by atoms with Crippen molar-refractivity contribution >= 4 is 5.97 Å². The monoisotopic (exact) mass is 159 g/mol. The molecule has 0 heterocycles. The number of carboxylic acids is 1. The van der Waals surface area contributed by atoms with E-state index in [2.05, 4.69) is 19.2 Å². The van der Waals surface area contributed by atoms with Crippen molar-refractivity contribution in [1.82, 2.24) is 5.32 Å². The average Bonchev–Trinajstić information content (AvgIpc) is 1.82. The Morgan fingerprint density at radius 1 is 1.45 bits per heavy atom. The maximum atomic E-state index is 10.2. The Morgan fingerprint density at radius 3 is 2.36 bits per heavy atom. The van der Waals surface area contributed by atoms with Crippen LogP contribution in [0, 0.1) is 0 Å². The van der Waals surface area contributed by atoms with Crippen LogP contribution in [0.4, 0.5) is 0 Å². The normalized spacial score (nSPS) is 13.5. The standard InChI is InChI=1S/C8H17NO2/c1-6(2)9-7(3)4-5-8(10)11/h6-7,9H,4-5H2,1-3H3,(H,10,11). The second kappa shape index (κ2) is 5.13. The summed E-state index contributed by atoms with van der Waals surface area (Å²) in [5, 5.41) is 11.6. The van der Waals surface area contributed by atoms with Crippen molar-refractivity contribution in [2.45, 2.75) is 45.7 Å². The molecule has 0 aromatic carbocycles. The average molecular weight is 159 g/mol. The molecule has 66 valence electrons. The van der Waals surface area contributed by atoms with Crippen LogP contribution in [0.5, 0.6) is 0 Å². The third kappa shape index (κ3) is 7.33. The van der Waals surface area contributed by atoms with E-state index in [1.165, 1.54) is 0 Å². The van der Waals surface area contributed by atoms with Gasteiger partial charge in [-0.3, -0.25) is 4.79 Å². The molecule has 0 aliphatic heterocycles. The summed E-state index contributed by atoms with van der Waals surface area (Å²) in [6, 6.07) is 0.727. The first kappa shape index (κ1) is 10.4. The summed E-state index contributed by atoms with van der Waals surface area (Å²) in [5.74, 6) is -0.720. The van der Waals surface area contributed by atoms with E-state index >= 15 is 0 Å². The van der Waals surface area contributed by atoms with Crippen LogP contribution in [0.3, 0.4) is 0 Å². The zero-order valence-electron chi connectivity index (χ0n) is 7.42. The number of aliphatic carboxylic acids is 1. The van der Waals surface area contributed by atoms with Crippen molar-refractivity contribution in [2.24, 2.45) is 0 Å². The Morgan fingerprint density at radius 2 is 2.00 bits per heavy atom. The summed E-state index contributed by atoms with van der Waals surface area (Å²) in [6.45, 7) is 6.11. The van der Waals surface area contributed by atoms with Crippen molar-refractivity contribution in [3.8, 4) is 0 Å². The van der Waals surface area contributed by atoms with Gasteiger partial charge in [-0.05, 0) is 13.3 Å². The van der Waals surface area contributed by atoms with E-state index in [0.717, 1.165) is 0 Å². The predicted molar refractivity (Wildman–Crippen MR) is 44.6 cm³/mol. The van der Waals surface area contributed by atoms with Crippen molar-refractivity contribution in [3.05, 3.63) is 0 Å². The fraction of sp³-hybridized carbons (Fsp3) is 0.875. The van der Waals surface area contributed by atoms with Crippen molar-refractivity contribution in [3.63, 3.8) is 0 Å². The van der Waals surface area contributed by atoms with Gasteiger partial charge in [-0.1, -0.05) is 13.8 Å². The molecule has 11 heavy (non-hydrogen) atoms. The van der Waals surface area contributed by atoms with E-state index in [0.29, 0.717) is 18.5 Å². The molecule has 0 aliphatic carbocycles. The molecule has 0 saturated carbocycles. The minimum Gasteiger partial charge on any atom is -0.481 e. The van der Waals surface area contributed by atoms with E-state index in [1.807, 2.05) is 6.92 Å². The van der Waals surface area contributed by atoms with Crippen LogP contribution in [0.15, 0.2) is 0 Å². The van der Waals surface area contributed by atoms with Crippen LogP contribution in [-0.2, 0) is 4.79 Å². The predicted octanol–water partition coefficient (Wildman–Crippen LogP) is 1.24. The third-order valence-electron chi connectivity index (χ3n) is 1.41. The highest BCUT2D eigenvalue weighted by atomic mass is 16.4. The SMILES string of the molecule is CC(C)NC(C)CCC(=O)O. The van der Waals surface area contributed by atoms with Gasteiger partial charge in [0.25, 0.3) is 0 Å². The van der Waals surface area contributed by atoms with E-state index < -0.39 is 5.97 Å². The largest absolute Gasteiger partial charge is 0.481 e. The Hall–Kier alpha value is -0.570. The van der Waals surface area contributed by atoms with Gasteiger partial charge in [-0.15, -0.1) is 0 Å². The molecule has 0 spiro atoms. The van der Waals surface area contributed by atoms with Gasteiger partial charge in [0.1, 0.15) is 0 Å². The molecule has 3 nitrogen and oxygen atoms in total. The number of hydrogen-bond acceptors (Lipinski definition) is 2. The molecule has 0 bridgehead atoms. The Labute approximate surface area is 67.8 Å². The van der Waals surface area contributed by atoms with Gasteiger partial charge >= 0.3 is 5.97 Å². The van der Waals surface area contributed by atoms with Crippen molar-refractivity contribution < 1.29 is 9.90 Å². The summed E-state index contributed by atoms with van der Waals surface area (Å²) in [6.07, 6.45) is 0.953. The summed E-state index contributed by atoms with van der Waals surface area (Å²) in [5.41, 5.74) is 0. The Kier molecular flexibility index (Phi) is 4.86. The van der Waals surface area contributed by atoms with E-state index in [1.54, 1.807) is 0 Å². The molecule has 0 rings (SSSR count). The van der Waals surface area contributed by atoms with Crippen molar-refractivity contribution in [1.29, 1.82) is 0 Å². The highest BCUT2D eigenvalue weighted by Gasteiger charge is 2.05. The lowest BCUT2D eigenvalue weighted by Crippen LogP contribution is -2.32. The van der Waals surface area contributed by atoms with Gasteiger partial charge in [0.2, 0.25) is 0 Å². The van der Waals surface area contributed by atoms with Crippen LogP contribution >= 0.6 is 0 Å². The maximum absolute atomic E-state index is 10.2. The van der Waals surface area contributed by atoms with Gasteiger partial charge in [-0.2, -0.15) is 0 Å². The minimum absolute atomic E-state index is 0.251. The first-order chi connectivity index (χ1) is 5.02. The van der Waals surface area contributed by atoms with Gasteiger partial charge in [0.15, 0.2) is 0 Å². The summed E-state index contributed by atoms with van der Waals surface area (Å²) in [4.78, 5) is 10.2. The molecule has 1 unspecified atom stereocenters. The molecular weight excluding hydrogens is 142 g/mol. The van der Waals surface area contributed by atoms with Crippen molar-refractivity contribution in [2.75, 3.05) is 0 Å². The summed E-state index contributed by atoms with van der Waals surface area (Å²) in [7, 11) is 0. The molecule has 0 saturated heterocycles. The molecule has 0 radical (unpaired) electrons. The van der Waals surface area contributed by atoms with E-state index in [9.17, 15) is 4.79 Å². The number of rotatable bonds is 5. The first-order valence-electron chi connectivity index (χ1n) is 4.00.